The molecule has 0 aliphatic heterocycles. The minimum absolute atomic E-state index is 0.155. The van der Waals surface area contributed by atoms with Crippen molar-refractivity contribution in [3.63, 3.8) is 0 Å². The zero-order chi connectivity index (χ0) is 22.4. The number of aromatic nitrogens is 3. The number of carbonyl (C=O) groups excluding carboxylic acids is 1. The maximum absolute atomic E-state index is 12.4. The first-order valence-corrected chi connectivity index (χ1v) is 12.2. The van der Waals surface area contributed by atoms with Crippen LogP contribution in [-0.4, -0.2) is 29.1 Å². The molecule has 0 bridgehead atoms. The van der Waals surface area contributed by atoms with Crippen molar-refractivity contribution in [2.45, 2.75) is 23.6 Å². The van der Waals surface area contributed by atoms with Crippen molar-refractivity contribution in [1.82, 2.24) is 14.8 Å². The number of pyridine rings is 1. The minimum atomic E-state index is -3.59. The van der Waals surface area contributed by atoms with Crippen LogP contribution in [0, 0.1) is 0 Å². The fraction of sp³-hybridized carbons (Fsp3) is 0.136. The van der Waals surface area contributed by atoms with E-state index in [1.54, 1.807) is 64.9 Å². The highest BCUT2D eigenvalue weighted by Crippen LogP contribution is 2.20. The van der Waals surface area contributed by atoms with Gasteiger partial charge in [0.25, 0.3) is 10.0 Å². The third kappa shape index (κ3) is 5.80. The summed E-state index contributed by atoms with van der Waals surface area (Å²) in [6, 6.07) is 15.6. The number of nitrogens with one attached hydrogen (secondary N) is 2. The van der Waals surface area contributed by atoms with Crippen molar-refractivity contribution < 1.29 is 13.2 Å². The van der Waals surface area contributed by atoms with Gasteiger partial charge in [0, 0.05) is 36.9 Å². The molecule has 1 aromatic carbocycles. The van der Waals surface area contributed by atoms with Gasteiger partial charge >= 0.3 is 0 Å². The predicted octanol–water partition coefficient (Wildman–Crippen LogP) is 3.56. The molecule has 10 heteroatoms. The molecule has 8 nitrogen and oxygen atoms in total. The van der Waals surface area contributed by atoms with Crippen molar-refractivity contribution in [2.75, 3.05) is 10.0 Å². The predicted molar refractivity (Wildman–Crippen MR) is 124 cm³/mol. The molecule has 32 heavy (non-hydrogen) atoms. The first-order valence-electron chi connectivity index (χ1n) is 9.85. The third-order valence-corrected chi connectivity index (χ3v) is 7.40. The van der Waals surface area contributed by atoms with Gasteiger partial charge in [-0.3, -0.25) is 19.2 Å². The smallest absolute Gasteiger partial charge is 0.271 e. The van der Waals surface area contributed by atoms with Crippen molar-refractivity contribution in [1.29, 1.82) is 0 Å². The highest BCUT2D eigenvalue weighted by Gasteiger charge is 2.15. The molecule has 0 fully saturated rings. The highest BCUT2D eigenvalue weighted by atomic mass is 32.2. The van der Waals surface area contributed by atoms with Gasteiger partial charge in [0.1, 0.15) is 4.21 Å². The molecule has 0 unspecified atom stereocenters. The average molecular weight is 468 g/mol. The Labute approximate surface area is 190 Å². The molecule has 0 spiro atoms. The van der Waals surface area contributed by atoms with E-state index in [0.29, 0.717) is 18.1 Å². The number of anilines is 2. The molecule has 1 amide bonds. The third-order valence-electron chi connectivity index (χ3n) is 4.62. The normalized spacial score (nSPS) is 11.2. The highest BCUT2D eigenvalue weighted by molar-refractivity contribution is 7.94. The van der Waals surface area contributed by atoms with Crippen LogP contribution < -0.4 is 10.0 Å². The Morgan fingerprint density at radius 1 is 1.00 bits per heavy atom. The number of amides is 1. The molecule has 0 atom stereocenters. The van der Waals surface area contributed by atoms with Gasteiger partial charge in [-0.05, 0) is 53.3 Å². The summed E-state index contributed by atoms with van der Waals surface area (Å²) in [6.45, 7) is 0.697. The Hall–Kier alpha value is -3.50. The van der Waals surface area contributed by atoms with Gasteiger partial charge < -0.3 is 5.32 Å². The van der Waals surface area contributed by atoms with Gasteiger partial charge in [0.05, 0.1) is 6.42 Å². The summed E-state index contributed by atoms with van der Waals surface area (Å²) in [4.78, 5) is 16.4. The van der Waals surface area contributed by atoms with Crippen LogP contribution in [0.1, 0.15) is 11.1 Å². The molecule has 0 aliphatic carbocycles. The van der Waals surface area contributed by atoms with Gasteiger partial charge in [-0.2, -0.15) is 5.10 Å². The van der Waals surface area contributed by atoms with E-state index in [0.717, 1.165) is 23.3 Å². The van der Waals surface area contributed by atoms with E-state index in [9.17, 15) is 13.2 Å². The lowest BCUT2D eigenvalue weighted by Crippen LogP contribution is -2.15. The van der Waals surface area contributed by atoms with Crippen LogP contribution in [0.3, 0.4) is 0 Å². The lowest BCUT2D eigenvalue weighted by molar-refractivity contribution is -0.115. The first-order chi connectivity index (χ1) is 15.5. The van der Waals surface area contributed by atoms with E-state index in [4.69, 9.17) is 0 Å². The summed E-state index contributed by atoms with van der Waals surface area (Å²) < 4.78 is 29.1. The Morgan fingerprint density at radius 3 is 2.50 bits per heavy atom. The van der Waals surface area contributed by atoms with Gasteiger partial charge in [0.15, 0.2) is 5.82 Å². The van der Waals surface area contributed by atoms with Crippen molar-refractivity contribution in [3.05, 3.63) is 89.7 Å². The molecule has 0 saturated carbocycles. The molecule has 0 saturated heterocycles. The van der Waals surface area contributed by atoms with E-state index in [2.05, 4.69) is 20.1 Å². The second kappa shape index (κ2) is 9.75. The minimum Gasteiger partial charge on any atom is -0.309 e. The van der Waals surface area contributed by atoms with Gasteiger partial charge in [-0.15, -0.1) is 11.3 Å². The number of hydrogen-bond donors (Lipinski definition) is 2. The Kier molecular flexibility index (Phi) is 6.62. The van der Waals surface area contributed by atoms with Crippen LogP contribution >= 0.6 is 11.3 Å². The number of benzene rings is 1. The molecule has 4 rings (SSSR count). The number of hydrogen-bond acceptors (Lipinski definition) is 6. The molecule has 3 aromatic heterocycles. The maximum atomic E-state index is 12.4. The number of nitrogens with zero attached hydrogens (tertiary/aromatic N) is 3. The molecular weight excluding hydrogens is 446 g/mol. The Balaban J connectivity index is 1.28. The summed E-state index contributed by atoms with van der Waals surface area (Å²) in [5.41, 5.74) is 2.37. The van der Waals surface area contributed by atoms with Crippen molar-refractivity contribution in [3.8, 4) is 0 Å². The topological polar surface area (TPSA) is 106 Å². The maximum Gasteiger partial charge on any atom is 0.271 e. The van der Waals surface area contributed by atoms with Crippen LogP contribution in [0.15, 0.2) is 82.8 Å². The Bertz CT molecular complexity index is 1270. The molecular formula is C22H21N5O3S2. The first kappa shape index (κ1) is 21.7. The van der Waals surface area contributed by atoms with Crippen LogP contribution in [0.5, 0.6) is 0 Å². The van der Waals surface area contributed by atoms with Crippen molar-refractivity contribution in [2.24, 2.45) is 0 Å². The van der Waals surface area contributed by atoms with Gasteiger partial charge in [-0.1, -0.05) is 18.2 Å². The summed E-state index contributed by atoms with van der Waals surface area (Å²) >= 11 is 1.15. The second-order valence-corrected chi connectivity index (χ2v) is 9.89. The zero-order valence-electron chi connectivity index (χ0n) is 17.0. The lowest BCUT2D eigenvalue weighted by Gasteiger charge is -2.07. The van der Waals surface area contributed by atoms with Gasteiger partial charge in [-0.25, -0.2) is 8.42 Å². The van der Waals surface area contributed by atoms with Crippen LogP contribution in [0.4, 0.5) is 11.5 Å². The van der Waals surface area contributed by atoms with E-state index in [1.807, 2.05) is 18.3 Å². The molecule has 164 valence electrons. The van der Waals surface area contributed by atoms with Crippen LogP contribution in [0.25, 0.3) is 0 Å². The van der Waals surface area contributed by atoms with Gasteiger partial charge in [0.2, 0.25) is 5.91 Å². The number of rotatable bonds is 9. The number of thiophene rings is 1. The second-order valence-electron chi connectivity index (χ2n) is 7.03. The largest absolute Gasteiger partial charge is 0.309 e. The van der Waals surface area contributed by atoms with Crippen LogP contribution in [-0.2, 0) is 34.2 Å². The molecule has 3 heterocycles. The standard InChI is InChI=1S/C22H21N5O3S2/c28-21(24-20-10-14-27(25-20)13-9-17-7-11-23-12-8-17)16-18-3-5-19(6-4-18)26-32(29,30)22-2-1-15-31-22/h1-8,10-12,14-15,26H,9,13,16H2,(H,24,25,28). The van der Waals surface area contributed by atoms with E-state index >= 15 is 0 Å². The number of aryl methyl sites for hydroxylation is 2. The summed E-state index contributed by atoms with van der Waals surface area (Å²) in [7, 11) is -3.59. The molecule has 4 aromatic rings. The zero-order valence-corrected chi connectivity index (χ0v) is 18.6. The average Bonchev–Trinajstić information content (AvgIpc) is 3.47. The lowest BCUT2D eigenvalue weighted by atomic mass is 10.1. The number of sulfonamides is 1. The van der Waals surface area contributed by atoms with E-state index in [1.165, 1.54) is 5.56 Å². The molecule has 0 aliphatic rings. The molecule has 2 N–H and O–H groups in total. The quantitative estimate of drug-likeness (QED) is 0.391. The monoisotopic (exact) mass is 467 g/mol. The van der Waals surface area contributed by atoms with Crippen molar-refractivity contribution >= 4 is 38.8 Å². The summed E-state index contributed by atoms with van der Waals surface area (Å²) in [5.74, 6) is 0.293. The van der Waals surface area contributed by atoms with Crippen LogP contribution in [0.2, 0.25) is 0 Å². The van der Waals surface area contributed by atoms with E-state index < -0.39 is 10.0 Å². The fourth-order valence-electron chi connectivity index (χ4n) is 3.03. The summed E-state index contributed by atoms with van der Waals surface area (Å²) in [6.07, 6.45) is 6.32. The fourth-order valence-corrected chi connectivity index (χ4v) is 5.08. The van der Waals surface area contributed by atoms with E-state index in [-0.39, 0.29) is 16.5 Å². The Morgan fingerprint density at radius 2 is 1.78 bits per heavy atom. The number of carbonyl (C=O) groups is 1. The summed E-state index contributed by atoms with van der Waals surface area (Å²) in [5, 5.41) is 8.88. The SMILES string of the molecule is O=C(Cc1ccc(NS(=O)(=O)c2cccs2)cc1)Nc1ccn(CCc2ccncc2)n1. The molecule has 0 radical (unpaired) electrons.